The van der Waals surface area contributed by atoms with E-state index in [1.807, 2.05) is 12.1 Å². The van der Waals surface area contributed by atoms with Crippen LogP contribution in [0.1, 0.15) is 12.5 Å². The summed E-state index contributed by atoms with van der Waals surface area (Å²) in [6.45, 7) is 2.12. The molecule has 2 N–H and O–H groups in total. The highest BCUT2D eigenvalue weighted by atomic mass is 35.5. The minimum atomic E-state index is 0.311. The molecule has 0 bridgehead atoms. The summed E-state index contributed by atoms with van der Waals surface area (Å²) in [6, 6.07) is 8.10. The first-order chi connectivity index (χ1) is 7.72. The average molecular weight is 234 g/mol. The van der Waals surface area contributed by atoms with Gasteiger partial charge in [0.15, 0.2) is 0 Å². The number of aromatic nitrogens is 2. The number of benzene rings is 1. The maximum Gasteiger partial charge on any atom is 0.146 e. The Morgan fingerprint density at radius 3 is 2.50 bits per heavy atom. The quantitative estimate of drug-likeness (QED) is 0.868. The first-order valence-electron chi connectivity index (χ1n) is 5.07. The molecule has 0 aliphatic carbocycles. The lowest BCUT2D eigenvalue weighted by molar-refractivity contribution is 1.14. The molecular formula is C12H12ClN3. The Balaban J connectivity index is 2.46. The number of nitrogens with two attached hydrogens (primary N) is 1. The fourth-order valence-corrected chi connectivity index (χ4v) is 1.69. The summed E-state index contributed by atoms with van der Waals surface area (Å²) in [7, 11) is 0. The molecule has 16 heavy (non-hydrogen) atoms. The van der Waals surface area contributed by atoms with Crippen LogP contribution in [-0.4, -0.2) is 9.97 Å². The Morgan fingerprint density at radius 1 is 1.19 bits per heavy atom. The highest BCUT2D eigenvalue weighted by molar-refractivity contribution is 6.35. The van der Waals surface area contributed by atoms with Gasteiger partial charge in [0.05, 0.1) is 5.69 Å². The molecule has 0 unspecified atom stereocenters. The van der Waals surface area contributed by atoms with Crippen molar-refractivity contribution < 1.29 is 0 Å². The van der Waals surface area contributed by atoms with Gasteiger partial charge in [-0.3, -0.25) is 0 Å². The van der Waals surface area contributed by atoms with Gasteiger partial charge in [-0.15, -0.1) is 0 Å². The fraction of sp³-hybridized carbons (Fsp3) is 0.167. The number of nitrogen functional groups attached to an aromatic ring is 1. The predicted octanol–water partition coefficient (Wildman–Crippen LogP) is 2.94. The van der Waals surface area contributed by atoms with E-state index in [2.05, 4.69) is 29.0 Å². The van der Waals surface area contributed by atoms with Gasteiger partial charge in [-0.25, -0.2) is 9.97 Å². The van der Waals surface area contributed by atoms with Crippen LogP contribution in [0.4, 0.5) is 5.82 Å². The number of aryl methyl sites for hydroxylation is 1. The summed E-state index contributed by atoms with van der Waals surface area (Å²) in [4.78, 5) is 7.98. The van der Waals surface area contributed by atoms with E-state index in [9.17, 15) is 0 Å². The normalized spacial score (nSPS) is 10.4. The Hall–Kier alpha value is -1.61. The number of halogens is 1. The van der Waals surface area contributed by atoms with Crippen LogP contribution < -0.4 is 5.73 Å². The highest BCUT2D eigenvalue weighted by Crippen LogP contribution is 2.28. The number of rotatable bonds is 2. The molecule has 1 aromatic carbocycles. The third-order valence-corrected chi connectivity index (χ3v) is 2.82. The molecular weight excluding hydrogens is 222 g/mol. The average Bonchev–Trinajstić information content (AvgIpc) is 2.33. The molecule has 0 spiro atoms. The smallest absolute Gasteiger partial charge is 0.146 e. The predicted molar refractivity (Wildman–Crippen MR) is 66.3 cm³/mol. The maximum absolute atomic E-state index is 6.05. The van der Waals surface area contributed by atoms with E-state index in [0.29, 0.717) is 16.5 Å². The van der Waals surface area contributed by atoms with Gasteiger partial charge < -0.3 is 5.73 Å². The standard InChI is InChI=1S/C12H12ClN3/c1-2-8-3-5-9(6-4-8)11-10(13)12(14)16-7-15-11/h3-7H,2H2,1H3,(H2,14,15,16). The van der Waals surface area contributed by atoms with Gasteiger partial charge in [-0.2, -0.15) is 0 Å². The number of anilines is 1. The van der Waals surface area contributed by atoms with Crippen LogP contribution in [0.3, 0.4) is 0 Å². The Morgan fingerprint density at radius 2 is 1.88 bits per heavy atom. The molecule has 0 fully saturated rings. The Labute approximate surface area is 99.3 Å². The van der Waals surface area contributed by atoms with Crippen molar-refractivity contribution in [3.8, 4) is 11.3 Å². The summed E-state index contributed by atoms with van der Waals surface area (Å²) in [5.74, 6) is 0.311. The van der Waals surface area contributed by atoms with E-state index in [-0.39, 0.29) is 0 Å². The molecule has 2 aromatic rings. The molecule has 2 rings (SSSR count). The van der Waals surface area contributed by atoms with Crippen molar-refractivity contribution in [2.45, 2.75) is 13.3 Å². The van der Waals surface area contributed by atoms with Crippen LogP contribution in [0.25, 0.3) is 11.3 Å². The van der Waals surface area contributed by atoms with E-state index in [1.54, 1.807) is 0 Å². The second-order valence-corrected chi connectivity index (χ2v) is 3.85. The van der Waals surface area contributed by atoms with E-state index in [1.165, 1.54) is 11.9 Å². The zero-order valence-electron chi connectivity index (χ0n) is 8.94. The first-order valence-corrected chi connectivity index (χ1v) is 5.45. The van der Waals surface area contributed by atoms with Crippen molar-refractivity contribution in [3.63, 3.8) is 0 Å². The van der Waals surface area contributed by atoms with Gasteiger partial charge in [0, 0.05) is 5.56 Å². The molecule has 0 aliphatic heterocycles. The van der Waals surface area contributed by atoms with Crippen LogP contribution in [-0.2, 0) is 6.42 Å². The topological polar surface area (TPSA) is 51.8 Å². The summed E-state index contributed by atoms with van der Waals surface area (Å²) in [6.07, 6.45) is 2.43. The van der Waals surface area contributed by atoms with E-state index >= 15 is 0 Å². The summed E-state index contributed by atoms with van der Waals surface area (Å²) in [5, 5.41) is 0.409. The fourth-order valence-electron chi connectivity index (χ4n) is 1.48. The van der Waals surface area contributed by atoms with Crippen LogP contribution in [0.5, 0.6) is 0 Å². The second-order valence-electron chi connectivity index (χ2n) is 3.47. The van der Waals surface area contributed by atoms with Crippen LogP contribution >= 0.6 is 11.6 Å². The number of hydrogen-bond acceptors (Lipinski definition) is 3. The highest BCUT2D eigenvalue weighted by Gasteiger charge is 2.08. The zero-order chi connectivity index (χ0) is 11.5. The second kappa shape index (κ2) is 4.49. The van der Waals surface area contributed by atoms with Crippen molar-refractivity contribution in [1.29, 1.82) is 0 Å². The molecule has 0 saturated heterocycles. The molecule has 3 nitrogen and oxygen atoms in total. The van der Waals surface area contributed by atoms with E-state index in [4.69, 9.17) is 17.3 Å². The SMILES string of the molecule is CCc1ccc(-c2ncnc(N)c2Cl)cc1. The lowest BCUT2D eigenvalue weighted by Crippen LogP contribution is -1.95. The third kappa shape index (κ3) is 1.99. The molecule has 0 atom stereocenters. The summed E-state index contributed by atoms with van der Waals surface area (Å²) >= 11 is 6.05. The molecule has 1 aromatic heterocycles. The van der Waals surface area contributed by atoms with Crippen molar-refractivity contribution >= 4 is 17.4 Å². The minimum Gasteiger partial charge on any atom is -0.382 e. The van der Waals surface area contributed by atoms with Crippen LogP contribution in [0.15, 0.2) is 30.6 Å². The van der Waals surface area contributed by atoms with Crippen molar-refractivity contribution in [2.75, 3.05) is 5.73 Å². The van der Waals surface area contributed by atoms with Crippen molar-refractivity contribution in [2.24, 2.45) is 0 Å². The van der Waals surface area contributed by atoms with Gasteiger partial charge in [0.25, 0.3) is 0 Å². The molecule has 0 aliphatic rings. The molecule has 1 heterocycles. The van der Waals surface area contributed by atoms with Crippen LogP contribution in [0, 0.1) is 0 Å². The van der Waals surface area contributed by atoms with Gasteiger partial charge >= 0.3 is 0 Å². The molecule has 82 valence electrons. The number of nitrogens with zero attached hydrogens (tertiary/aromatic N) is 2. The minimum absolute atomic E-state index is 0.311. The van der Waals surface area contributed by atoms with Gasteiger partial charge in [-0.1, -0.05) is 42.8 Å². The van der Waals surface area contributed by atoms with E-state index in [0.717, 1.165) is 12.0 Å². The molecule has 0 radical (unpaired) electrons. The van der Waals surface area contributed by atoms with Crippen molar-refractivity contribution in [1.82, 2.24) is 9.97 Å². The Kier molecular flexibility index (Phi) is 3.06. The van der Waals surface area contributed by atoms with E-state index < -0.39 is 0 Å². The lowest BCUT2D eigenvalue weighted by Gasteiger charge is -2.05. The van der Waals surface area contributed by atoms with Gasteiger partial charge in [0.1, 0.15) is 17.2 Å². The van der Waals surface area contributed by atoms with Crippen LogP contribution in [0.2, 0.25) is 5.02 Å². The van der Waals surface area contributed by atoms with Crippen molar-refractivity contribution in [3.05, 3.63) is 41.2 Å². The monoisotopic (exact) mass is 233 g/mol. The molecule has 0 amide bonds. The van der Waals surface area contributed by atoms with Gasteiger partial charge in [0.2, 0.25) is 0 Å². The first kappa shape index (κ1) is 10.9. The third-order valence-electron chi connectivity index (χ3n) is 2.45. The largest absolute Gasteiger partial charge is 0.382 e. The molecule has 4 heteroatoms. The van der Waals surface area contributed by atoms with Gasteiger partial charge in [-0.05, 0) is 12.0 Å². The maximum atomic E-state index is 6.05. The number of hydrogen-bond donors (Lipinski definition) is 1. The summed E-state index contributed by atoms with van der Waals surface area (Å²) in [5.41, 5.74) is 8.54. The summed E-state index contributed by atoms with van der Waals surface area (Å²) < 4.78 is 0. The Bertz CT molecular complexity index is 494. The molecule has 0 saturated carbocycles. The lowest BCUT2D eigenvalue weighted by atomic mass is 10.1. The zero-order valence-corrected chi connectivity index (χ0v) is 9.70.